The molecule has 1 heterocycles. The average molecular weight is 368 g/mol. The van der Waals surface area contributed by atoms with Crippen LogP contribution in [0.3, 0.4) is 0 Å². The van der Waals surface area contributed by atoms with Crippen molar-refractivity contribution in [2.24, 2.45) is 0 Å². The lowest BCUT2D eigenvalue weighted by Gasteiger charge is -1.99. The number of halogens is 2. The third-order valence-corrected chi connectivity index (χ3v) is 3.85. The molecule has 0 fully saturated rings. The van der Waals surface area contributed by atoms with Crippen molar-refractivity contribution in [1.29, 1.82) is 5.26 Å². The molecule has 112 valence electrons. The molecule has 0 aliphatic carbocycles. The lowest BCUT2D eigenvalue weighted by Crippen LogP contribution is -1.82. The highest BCUT2D eigenvalue weighted by Crippen LogP contribution is 2.26. The Bertz CT molecular complexity index is 886. The van der Waals surface area contributed by atoms with Gasteiger partial charge < -0.3 is 4.42 Å². The number of hydrogen-bond donors (Lipinski definition) is 0. The lowest BCUT2D eigenvalue weighted by atomic mass is 10.1. The Morgan fingerprint density at radius 3 is 2.35 bits per heavy atom. The highest BCUT2D eigenvalue weighted by atomic mass is 79.9. The molecular formula is C19H11BrFNO. The van der Waals surface area contributed by atoms with E-state index in [1.54, 1.807) is 24.3 Å². The van der Waals surface area contributed by atoms with E-state index in [1.807, 2.05) is 30.3 Å². The zero-order valence-corrected chi connectivity index (χ0v) is 13.5. The summed E-state index contributed by atoms with van der Waals surface area (Å²) in [7, 11) is 0. The third kappa shape index (κ3) is 3.58. The topological polar surface area (TPSA) is 36.9 Å². The smallest absolute Gasteiger partial charge is 0.134 e. The van der Waals surface area contributed by atoms with E-state index in [9.17, 15) is 9.65 Å². The number of hydrogen-bond acceptors (Lipinski definition) is 2. The average Bonchev–Trinajstić information content (AvgIpc) is 3.03. The van der Waals surface area contributed by atoms with Crippen molar-refractivity contribution in [3.63, 3.8) is 0 Å². The summed E-state index contributed by atoms with van der Waals surface area (Å²) in [6.07, 6.45) is 1.65. The molecule has 0 spiro atoms. The number of allylic oxidation sites excluding steroid dienone is 1. The van der Waals surface area contributed by atoms with Gasteiger partial charge in [0, 0.05) is 10.0 Å². The molecule has 0 N–H and O–H groups in total. The molecule has 0 bridgehead atoms. The van der Waals surface area contributed by atoms with Gasteiger partial charge in [-0.05, 0) is 48.0 Å². The second-order valence-electron chi connectivity index (χ2n) is 4.89. The molecule has 0 saturated heterocycles. The van der Waals surface area contributed by atoms with E-state index < -0.39 is 0 Å². The molecule has 23 heavy (non-hydrogen) atoms. The highest BCUT2D eigenvalue weighted by Gasteiger charge is 2.06. The predicted molar refractivity (Wildman–Crippen MR) is 91.7 cm³/mol. The van der Waals surface area contributed by atoms with Crippen LogP contribution in [0.1, 0.15) is 11.3 Å². The van der Waals surface area contributed by atoms with Gasteiger partial charge in [0.05, 0.1) is 11.6 Å². The van der Waals surface area contributed by atoms with Gasteiger partial charge in [-0.25, -0.2) is 4.39 Å². The second kappa shape index (κ2) is 6.64. The molecule has 3 aromatic rings. The molecule has 1 aromatic heterocycles. The maximum Gasteiger partial charge on any atom is 0.134 e. The summed E-state index contributed by atoms with van der Waals surface area (Å²) in [5.41, 5.74) is 2.02. The van der Waals surface area contributed by atoms with Crippen LogP contribution in [-0.4, -0.2) is 0 Å². The zero-order chi connectivity index (χ0) is 16.2. The van der Waals surface area contributed by atoms with E-state index in [0.29, 0.717) is 16.9 Å². The summed E-state index contributed by atoms with van der Waals surface area (Å²) >= 11 is 3.39. The fourth-order valence-electron chi connectivity index (χ4n) is 2.15. The van der Waals surface area contributed by atoms with E-state index in [0.717, 1.165) is 15.8 Å². The monoisotopic (exact) mass is 367 g/mol. The molecule has 3 rings (SSSR count). The van der Waals surface area contributed by atoms with Crippen molar-refractivity contribution in [1.82, 2.24) is 0 Å². The van der Waals surface area contributed by atoms with Gasteiger partial charge >= 0.3 is 0 Å². The van der Waals surface area contributed by atoms with Crippen molar-refractivity contribution >= 4 is 27.6 Å². The van der Waals surface area contributed by atoms with Crippen molar-refractivity contribution in [2.45, 2.75) is 0 Å². The summed E-state index contributed by atoms with van der Waals surface area (Å²) in [5, 5.41) is 9.31. The van der Waals surface area contributed by atoms with Crippen molar-refractivity contribution in [3.8, 4) is 17.4 Å². The van der Waals surface area contributed by atoms with Crippen LogP contribution in [0.4, 0.5) is 4.39 Å². The van der Waals surface area contributed by atoms with E-state index in [1.165, 1.54) is 12.1 Å². The van der Waals surface area contributed by atoms with E-state index in [4.69, 9.17) is 4.42 Å². The minimum atomic E-state index is -0.332. The molecule has 0 atom stereocenters. The van der Waals surface area contributed by atoms with Crippen LogP contribution in [0.5, 0.6) is 0 Å². The van der Waals surface area contributed by atoms with Crippen LogP contribution in [0.25, 0.3) is 23.0 Å². The van der Waals surface area contributed by atoms with Gasteiger partial charge in [0.25, 0.3) is 0 Å². The summed E-state index contributed by atoms with van der Waals surface area (Å²) in [5.74, 6) is 0.963. The summed E-state index contributed by atoms with van der Waals surface area (Å²) in [4.78, 5) is 0. The van der Waals surface area contributed by atoms with Gasteiger partial charge in [-0.1, -0.05) is 40.2 Å². The second-order valence-corrected chi connectivity index (χ2v) is 5.80. The Kier molecular flexibility index (Phi) is 4.40. The van der Waals surface area contributed by atoms with Crippen LogP contribution in [0.15, 0.2) is 69.6 Å². The van der Waals surface area contributed by atoms with Gasteiger partial charge in [0.2, 0.25) is 0 Å². The fourth-order valence-corrected chi connectivity index (χ4v) is 2.42. The fraction of sp³-hybridized carbons (Fsp3) is 0. The van der Waals surface area contributed by atoms with Gasteiger partial charge in [-0.3, -0.25) is 0 Å². The van der Waals surface area contributed by atoms with Crippen LogP contribution < -0.4 is 0 Å². The standard InChI is InChI=1S/C19H11BrFNO/c20-16-5-1-14(2-6-16)19-10-9-18(23-19)11-15(12-22)13-3-7-17(21)8-4-13/h1-11H. The summed E-state index contributed by atoms with van der Waals surface area (Å²) in [6.45, 7) is 0. The largest absolute Gasteiger partial charge is 0.457 e. The van der Waals surface area contributed by atoms with Gasteiger partial charge in [0.15, 0.2) is 0 Å². The number of nitriles is 1. The first kappa shape index (κ1) is 15.3. The van der Waals surface area contributed by atoms with Crippen LogP contribution in [0, 0.1) is 17.1 Å². The molecule has 2 nitrogen and oxygen atoms in total. The molecule has 0 radical (unpaired) electrons. The van der Waals surface area contributed by atoms with Crippen molar-refractivity contribution in [2.75, 3.05) is 0 Å². The summed E-state index contributed by atoms with van der Waals surface area (Å²) in [6, 6.07) is 19.3. The first-order chi connectivity index (χ1) is 11.2. The van der Waals surface area contributed by atoms with Crippen LogP contribution >= 0.6 is 15.9 Å². The molecule has 0 aliphatic rings. The first-order valence-corrected chi connectivity index (χ1v) is 7.68. The predicted octanol–water partition coefficient (Wildman–Crippen LogP) is 5.91. The molecule has 0 amide bonds. The molecule has 0 aliphatic heterocycles. The Hall–Kier alpha value is -2.64. The Morgan fingerprint density at radius 2 is 1.70 bits per heavy atom. The van der Waals surface area contributed by atoms with E-state index in [2.05, 4.69) is 22.0 Å². The Morgan fingerprint density at radius 1 is 1.00 bits per heavy atom. The minimum absolute atomic E-state index is 0.332. The van der Waals surface area contributed by atoms with Gasteiger partial charge in [0.1, 0.15) is 17.3 Å². The molecular weight excluding hydrogens is 357 g/mol. The number of rotatable bonds is 3. The number of benzene rings is 2. The van der Waals surface area contributed by atoms with Crippen LogP contribution in [-0.2, 0) is 0 Å². The van der Waals surface area contributed by atoms with Gasteiger partial charge in [-0.2, -0.15) is 5.26 Å². The lowest BCUT2D eigenvalue weighted by molar-refractivity contribution is 0.572. The van der Waals surface area contributed by atoms with E-state index in [-0.39, 0.29) is 5.82 Å². The molecule has 2 aromatic carbocycles. The van der Waals surface area contributed by atoms with Crippen molar-refractivity contribution < 1.29 is 8.81 Å². The van der Waals surface area contributed by atoms with E-state index >= 15 is 0 Å². The molecule has 0 unspecified atom stereocenters. The minimum Gasteiger partial charge on any atom is -0.457 e. The number of nitrogens with zero attached hydrogens (tertiary/aromatic N) is 1. The SMILES string of the molecule is N#CC(=Cc1ccc(-c2ccc(Br)cc2)o1)c1ccc(F)cc1. The Labute approximate surface area is 141 Å². The quantitative estimate of drug-likeness (QED) is 0.539. The van der Waals surface area contributed by atoms with Crippen molar-refractivity contribution in [3.05, 3.63) is 82.3 Å². The Balaban J connectivity index is 1.91. The normalized spacial score (nSPS) is 11.3. The zero-order valence-electron chi connectivity index (χ0n) is 12.0. The molecule has 4 heteroatoms. The van der Waals surface area contributed by atoms with Crippen LogP contribution in [0.2, 0.25) is 0 Å². The molecule has 0 saturated carbocycles. The maximum atomic E-state index is 13.0. The first-order valence-electron chi connectivity index (χ1n) is 6.89. The maximum absolute atomic E-state index is 13.0. The van der Waals surface area contributed by atoms with Gasteiger partial charge in [-0.15, -0.1) is 0 Å². The summed E-state index contributed by atoms with van der Waals surface area (Å²) < 4.78 is 19.7. The third-order valence-electron chi connectivity index (χ3n) is 3.32. The number of furan rings is 1. The highest BCUT2D eigenvalue weighted by molar-refractivity contribution is 9.10.